The van der Waals surface area contributed by atoms with Crippen LogP contribution in [0.15, 0.2) is 17.6 Å². The van der Waals surface area contributed by atoms with E-state index in [4.69, 9.17) is 0 Å². The first kappa shape index (κ1) is 13.1. The van der Waals surface area contributed by atoms with Gasteiger partial charge in [-0.15, -0.1) is 0 Å². The van der Waals surface area contributed by atoms with Gasteiger partial charge in [-0.05, 0) is 7.05 Å². The van der Waals surface area contributed by atoms with Gasteiger partial charge in [-0.2, -0.15) is 12.7 Å². The van der Waals surface area contributed by atoms with Crippen molar-refractivity contribution in [3.63, 3.8) is 0 Å². The maximum atomic E-state index is 11.6. The second-order valence-corrected chi connectivity index (χ2v) is 6.92. The molecule has 0 saturated heterocycles. The minimum Gasteiger partial charge on any atom is -0.223 e. The molecule has 0 saturated carbocycles. The summed E-state index contributed by atoms with van der Waals surface area (Å²) in [6, 6.07) is 0. The molecule has 0 aromatic carbocycles. The Morgan fingerprint density at radius 1 is 1.31 bits per heavy atom. The molecule has 8 nitrogen and oxygen atoms in total. The minimum absolute atomic E-state index is 0.347. The van der Waals surface area contributed by atoms with Crippen LogP contribution in [0.1, 0.15) is 0 Å². The smallest absolute Gasteiger partial charge is 0.223 e. The lowest BCUT2D eigenvalue weighted by molar-refractivity contribution is 0.510. The highest BCUT2D eigenvalue weighted by Crippen LogP contribution is 2.08. The fourth-order valence-electron chi connectivity index (χ4n) is 0.847. The predicted octanol–water partition coefficient (Wildman–Crippen LogP) is -1.55. The van der Waals surface area contributed by atoms with E-state index in [-0.39, 0.29) is 5.03 Å². The van der Waals surface area contributed by atoms with Crippen LogP contribution in [-0.4, -0.2) is 51.2 Å². The molecule has 0 amide bonds. The average Bonchev–Trinajstić information content (AvgIpc) is 2.67. The zero-order chi connectivity index (χ0) is 12.6. The monoisotopic (exact) mass is 268 g/mol. The van der Waals surface area contributed by atoms with Gasteiger partial charge in [0.2, 0.25) is 0 Å². The molecule has 1 aromatic heterocycles. The molecule has 0 aliphatic rings. The number of imidazole rings is 1. The van der Waals surface area contributed by atoms with Gasteiger partial charge in [-0.3, -0.25) is 0 Å². The lowest BCUT2D eigenvalue weighted by Crippen LogP contribution is -2.28. The molecule has 1 N–H and O–H groups in total. The fraction of sp³-hybridized carbons (Fsp3) is 0.500. The quantitative estimate of drug-likeness (QED) is 0.712. The van der Waals surface area contributed by atoms with Gasteiger partial charge in [-0.25, -0.2) is 22.1 Å². The predicted molar refractivity (Wildman–Crippen MR) is 56.5 cm³/mol. The van der Waals surface area contributed by atoms with Gasteiger partial charge in [0.15, 0.2) is 5.03 Å². The van der Waals surface area contributed by atoms with Gasteiger partial charge in [0.1, 0.15) is 6.33 Å². The van der Waals surface area contributed by atoms with E-state index in [1.807, 2.05) is 4.72 Å². The number of nitrogens with zero attached hydrogens (tertiary/aromatic N) is 3. The Morgan fingerprint density at radius 3 is 2.31 bits per heavy atom. The Morgan fingerprint density at radius 2 is 1.88 bits per heavy atom. The molecule has 0 aliphatic carbocycles. The van der Waals surface area contributed by atoms with Crippen molar-refractivity contribution in [2.45, 2.75) is 5.03 Å². The summed E-state index contributed by atoms with van der Waals surface area (Å²) < 4.78 is 49.5. The summed E-state index contributed by atoms with van der Waals surface area (Å²) in [5.74, 6) is 0. The molecule has 0 aliphatic heterocycles. The molecule has 10 heteroatoms. The van der Waals surface area contributed by atoms with E-state index in [2.05, 4.69) is 4.98 Å². The van der Waals surface area contributed by atoms with Crippen LogP contribution in [0.3, 0.4) is 0 Å². The zero-order valence-corrected chi connectivity index (χ0v) is 10.6. The van der Waals surface area contributed by atoms with E-state index in [0.29, 0.717) is 0 Å². The Kier molecular flexibility index (Phi) is 3.38. The normalized spacial score (nSPS) is 13.2. The largest absolute Gasteiger partial charge is 0.308 e. The van der Waals surface area contributed by atoms with Crippen LogP contribution in [0.4, 0.5) is 0 Å². The van der Waals surface area contributed by atoms with Crippen molar-refractivity contribution in [2.75, 3.05) is 21.1 Å². The van der Waals surface area contributed by atoms with Crippen LogP contribution in [0.25, 0.3) is 0 Å². The number of hydrogen-bond donors (Lipinski definition) is 1. The van der Waals surface area contributed by atoms with E-state index in [1.54, 1.807) is 0 Å². The minimum atomic E-state index is -3.73. The number of sulfonamides is 1. The number of rotatable bonds is 4. The van der Waals surface area contributed by atoms with Crippen molar-refractivity contribution in [2.24, 2.45) is 0 Å². The molecule has 92 valence electrons. The van der Waals surface area contributed by atoms with Crippen molar-refractivity contribution in [1.29, 1.82) is 0 Å². The Bertz CT molecular complexity index is 571. The van der Waals surface area contributed by atoms with E-state index in [1.165, 1.54) is 21.1 Å². The first-order valence-corrected chi connectivity index (χ1v) is 7.00. The molecule has 0 fully saturated rings. The van der Waals surface area contributed by atoms with Crippen LogP contribution in [0, 0.1) is 0 Å². The summed E-state index contributed by atoms with van der Waals surface area (Å²) in [4.78, 5) is 3.51. The van der Waals surface area contributed by atoms with Crippen LogP contribution < -0.4 is 4.72 Å². The Balaban J connectivity index is 3.26. The zero-order valence-electron chi connectivity index (χ0n) is 8.95. The summed E-state index contributed by atoms with van der Waals surface area (Å²) in [5, 5.41) is -0.347. The maximum Gasteiger partial charge on any atom is 0.308 e. The van der Waals surface area contributed by atoms with Crippen LogP contribution in [0.2, 0.25) is 0 Å². The van der Waals surface area contributed by atoms with Gasteiger partial charge in [-0.1, -0.05) is 0 Å². The lowest BCUT2D eigenvalue weighted by atomic mass is 11.0. The van der Waals surface area contributed by atoms with E-state index < -0.39 is 20.2 Å². The molecule has 0 unspecified atom stereocenters. The molecule has 1 aromatic rings. The topological polar surface area (TPSA) is 101 Å². The van der Waals surface area contributed by atoms with Crippen LogP contribution in [-0.2, 0) is 20.2 Å². The highest BCUT2D eigenvalue weighted by molar-refractivity contribution is 7.89. The first-order valence-electron chi connectivity index (χ1n) is 4.12. The third-order valence-corrected chi connectivity index (χ3v) is 4.76. The summed E-state index contributed by atoms with van der Waals surface area (Å²) in [6.07, 6.45) is 1.86. The van der Waals surface area contributed by atoms with Crippen LogP contribution in [0.5, 0.6) is 0 Å². The van der Waals surface area contributed by atoms with Crippen LogP contribution >= 0.6 is 0 Å². The van der Waals surface area contributed by atoms with Gasteiger partial charge >= 0.3 is 10.2 Å². The first-order chi connectivity index (χ1) is 7.21. The second-order valence-electron chi connectivity index (χ2n) is 3.04. The summed E-state index contributed by atoms with van der Waals surface area (Å²) in [7, 11) is -3.57. The molecular weight excluding hydrogens is 256 g/mol. The summed E-state index contributed by atoms with van der Waals surface area (Å²) >= 11 is 0. The molecule has 1 heterocycles. The molecule has 0 radical (unpaired) electrons. The van der Waals surface area contributed by atoms with Crippen molar-refractivity contribution >= 4 is 20.2 Å². The number of hydrogen-bond acceptors (Lipinski definition) is 5. The number of nitrogens with one attached hydrogen (secondary N) is 1. The highest BCUT2D eigenvalue weighted by Gasteiger charge is 2.21. The Hall–Kier alpha value is -0.970. The lowest BCUT2D eigenvalue weighted by Gasteiger charge is -2.10. The van der Waals surface area contributed by atoms with Gasteiger partial charge in [0.05, 0.1) is 6.20 Å². The van der Waals surface area contributed by atoms with E-state index in [0.717, 1.165) is 20.8 Å². The van der Waals surface area contributed by atoms with Gasteiger partial charge in [0.25, 0.3) is 10.0 Å². The third-order valence-electron chi connectivity index (χ3n) is 1.81. The van der Waals surface area contributed by atoms with Crippen molar-refractivity contribution in [3.8, 4) is 0 Å². The fourth-order valence-corrected chi connectivity index (χ4v) is 2.34. The summed E-state index contributed by atoms with van der Waals surface area (Å²) in [6.45, 7) is 0. The number of aromatic nitrogens is 2. The standard InChI is InChI=1S/C6H12N4O4S2/c1-7-15(11,12)6-4-10(5-8-6)16(13,14)9(2)3/h4-5,7H,1-3H3. The van der Waals surface area contributed by atoms with Gasteiger partial charge in [0, 0.05) is 14.1 Å². The molecule has 1 rings (SSSR count). The molecule has 16 heavy (non-hydrogen) atoms. The van der Waals surface area contributed by atoms with E-state index >= 15 is 0 Å². The highest BCUT2D eigenvalue weighted by atomic mass is 32.2. The molecule has 0 bridgehead atoms. The van der Waals surface area contributed by atoms with Crippen molar-refractivity contribution in [1.82, 2.24) is 18.0 Å². The average molecular weight is 268 g/mol. The van der Waals surface area contributed by atoms with Gasteiger partial charge < -0.3 is 0 Å². The SMILES string of the molecule is CNS(=O)(=O)c1cn(S(=O)(=O)N(C)C)cn1. The molecular formula is C6H12N4O4S2. The Labute approximate surface area is 94.1 Å². The summed E-state index contributed by atoms with van der Waals surface area (Å²) in [5.41, 5.74) is 0. The second kappa shape index (κ2) is 4.13. The van der Waals surface area contributed by atoms with Crippen molar-refractivity contribution < 1.29 is 16.8 Å². The molecule has 0 spiro atoms. The third kappa shape index (κ3) is 2.24. The maximum absolute atomic E-state index is 11.6. The van der Waals surface area contributed by atoms with E-state index in [9.17, 15) is 16.8 Å². The molecule has 0 atom stereocenters. The van der Waals surface area contributed by atoms with Crippen molar-refractivity contribution in [3.05, 3.63) is 12.5 Å².